The van der Waals surface area contributed by atoms with Crippen molar-refractivity contribution in [1.82, 2.24) is 4.31 Å². The largest absolute Gasteiger partial charge is 0.495 e. The first kappa shape index (κ1) is 20.4. The van der Waals surface area contributed by atoms with E-state index in [-0.39, 0.29) is 17.2 Å². The summed E-state index contributed by atoms with van der Waals surface area (Å²) in [4.78, 5) is 12.7. The molecule has 0 saturated carbocycles. The third-order valence-electron chi connectivity index (χ3n) is 5.00. The number of nitrogens with one attached hydrogen (secondary N) is 1. The summed E-state index contributed by atoms with van der Waals surface area (Å²) >= 11 is 0. The Labute approximate surface area is 166 Å². The first-order valence-electron chi connectivity index (χ1n) is 9.32. The molecule has 7 heteroatoms. The maximum absolute atomic E-state index is 12.6. The molecule has 0 aliphatic heterocycles. The average Bonchev–Trinajstić information content (AvgIpc) is 2.67. The van der Waals surface area contributed by atoms with E-state index in [9.17, 15) is 13.2 Å². The summed E-state index contributed by atoms with van der Waals surface area (Å²) in [6.45, 7) is 0. The summed E-state index contributed by atoms with van der Waals surface area (Å²) in [5.41, 5.74) is 3.99. The number of methoxy groups -OCH3 is 1. The van der Waals surface area contributed by atoms with E-state index in [0.717, 1.165) is 22.7 Å². The van der Waals surface area contributed by atoms with Gasteiger partial charge in [0.1, 0.15) is 5.75 Å². The Hall–Kier alpha value is -2.38. The van der Waals surface area contributed by atoms with Crippen LogP contribution in [0.1, 0.15) is 29.5 Å². The van der Waals surface area contributed by atoms with E-state index in [0.29, 0.717) is 11.4 Å². The molecule has 0 bridgehead atoms. The molecule has 1 amide bonds. The van der Waals surface area contributed by atoms with Crippen molar-refractivity contribution in [1.29, 1.82) is 0 Å². The van der Waals surface area contributed by atoms with Crippen LogP contribution in [0.3, 0.4) is 0 Å². The molecule has 2 aromatic rings. The van der Waals surface area contributed by atoms with Gasteiger partial charge in [-0.15, -0.1) is 0 Å². The van der Waals surface area contributed by atoms with Crippen LogP contribution in [-0.4, -0.2) is 39.8 Å². The van der Waals surface area contributed by atoms with E-state index in [2.05, 4.69) is 17.4 Å². The van der Waals surface area contributed by atoms with Gasteiger partial charge in [0.25, 0.3) is 0 Å². The van der Waals surface area contributed by atoms with Crippen molar-refractivity contribution in [3.8, 4) is 5.75 Å². The van der Waals surface area contributed by atoms with Gasteiger partial charge in [-0.1, -0.05) is 18.2 Å². The number of sulfonamides is 1. The Kier molecular flexibility index (Phi) is 6.05. The van der Waals surface area contributed by atoms with Crippen LogP contribution in [0, 0.1) is 0 Å². The highest BCUT2D eigenvalue weighted by Crippen LogP contribution is 2.29. The number of benzene rings is 2. The SMILES string of the molecule is COc1ccc(S(=O)(=O)N(C)C)cc1NC(=O)Cc1ccc2c(c1)CCCC2. The van der Waals surface area contributed by atoms with E-state index in [4.69, 9.17) is 4.74 Å². The molecule has 2 aromatic carbocycles. The molecule has 1 N–H and O–H groups in total. The molecular weight excluding hydrogens is 376 g/mol. The zero-order chi connectivity index (χ0) is 20.3. The molecule has 0 spiro atoms. The van der Waals surface area contributed by atoms with Crippen LogP contribution < -0.4 is 10.1 Å². The first-order chi connectivity index (χ1) is 13.3. The van der Waals surface area contributed by atoms with Crippen molar-refractivity contribution in [3.63, 3.8) is 0 Å². The second kappa shape index (κ2) is 8.32. The summed E-state index contributed by atoms with van der Waals surface area (Å²) in [6.07, 6.45) is 4.79. The molecule has 0 radical (unpaired) electrons. The van der Waals surface area contributed by atoms with Crippen molar-refractivity contribution < 1.29 is 17.9 Å². The Bertz CT molecular complexity index is 984. The molecule has 1 aliphatic rings. The number of rotatable bonds is 6. The fourth-order valence-corrected chi connectivity index (χ4v) is 4.36. The van der Waals surface area contributed by atoms with Gasteiger partial charge < -0.3 is 10.1 Å². The van der Waals surface area contributed by atoms with Crippen LogP contribution in [0.15, 0.2) is 41.3 Å². The number of anilines is 1. The van der Waals surface area contributed by atoms with Gasteiger partial charge in [-0.25, -0.2) is 12.7 Å². The molecule has 0 heterocycles. The molecule has 3 rings (SSSR count). The molecule has 0 fully saturated rings. The van der Waals surface area contributed by atoms with Crippen molar-refractivity contribution in [2.24, 2.45) is 0 Å². The third-order valence-corrected chi connectivity index (χ3v) is 6.81. The first-order valence-corrected chi connectivity index (χ1v) is 10.8. The Morgan fingerprint density at radius 2 is 1.79 bits per heavy atom. The summed E-state index contributed by atoms with van der Waals surface area (Å²) in [7, 11) is 0.810. The van der Waals surface area contributed by atoms with Crippen LogP contribution in [0.25, 0.3) is 0 Å². The predicted octanol–water partition coefficient (Wildman–Crippen LogP) is 3.01. The minimum absolute atomic E-state index is 0.0994. The van der Waals surface area contributed by atoms with Crippen LogP contribution in [0.5, 0.6) is 5.75 Å². The fourth-order valence-electron chi connectivity index (χ4n) is 3.43. The maximum Gasteiger partial charge on any atom is 0.242 e. The average molecular weight is 403 g/mol. The zero-order valence-electron chi connectivity index (χ0n) is 16.5. The van der Waals surface area contributed by atoms with Crippen LogP contribution in [-0.2, 0) is 34.1 Å². The van der Waals surface area contributed by atoms with E-state index >= 15 is 0 Å². The number of aryl methyl sites for hydroxylation is 2. The van der Waals surface area contributed by atoms with E-state index in [1.807, 2.05) is 6.07 Å². The number of fused-ring (bicyclic) bond motifs is 1. The van der Waals surface area contributed by atoms with E-state index in [1.54, 1.807) is 6.07 Å². The molecule has 0 atom stereocenters. The molecule has 0 saturated heterocycles. The number of carbonyl (C=O) groups excluding carboxylic acids is 1. The lowest BCUT2D eigenvalue weighted by atomic mass is 9.90. The van der Waals surface area contributed by atoms with Crippen molar-refractivity contribution >= 4 is 21.6 Å². The molecule has 0 unspecified atom stereocenters. The lowest BCUT2D eigenvalue weighted by Crippen LogP contribution is -2.22. The minimum atomic E-state index is -3.60. The standard InChI is InChI=1S/C21H26N2O4S/c1-23(2)28(25,26)18-10-11-20(27-3)19(14-18)22-21(24)13-15-8-9-16-6-4-5-7-17(16)12-15/h8-12,14H,4-7,13H2,1-3H3,(H,22,24). The Morgan fingerprint density at radius 1 is 1.07 bits per heavy atom. The van der Waals surface area contributed by atoms with E-state index in [1.165, 1.54) is 57.3 Å². The smallest absolute Gasteiger partial charge is 0.242 e. The predicted molar refractivity (Wildman–Crippen MR) is 109 cm³/mol. The van der Waals surface area contributed by atoms with Crippen molar-refractivity contribution in [3.05, 3.63) is 53.1 Å². The highest BCUT2D eigenvalue weighted by Gasteiger charge is 2.20. The van der Waals surface area contributed by atoms with Gasteiger partial charge in [0.15, 0.2) is 0 Å². The highest BCUT2D eigenvalue weighted by atomic mass is 32.2. The number of ether oxygens (including phenoxy) is 1. The second-order valence-electron chi connectivity index (χ2n) is 7.18. The Morgan fingerprint density at radius 3 is 2.46 bits per heavy atom. The molecule has 150 valence electrons. The molecular formula is C21H26N2O4S. The lowest BCUT2D eigenvalue weighted by Gasteiger charge is -2.17. The Balaban J connectivity index is 1.79. The van der Waals surface area contributed by atoms with Gasteiger partial charge >= 0.3 is 0 Å². The minimum Gasteiger partial charge on any atom is -0.495 e. The van der Waals surface area contributed by atoms with E-state index < -0.39 is 10.0 Å². The topological polar surface area (TPSA) is 75.7 Å². The van der Waals surface area contributed by atoms with Crippen LogP contribution in [0.2, 0.25) is 0 Å². The zero-order valence-corrected chi connectivity index (χ0v) is 17.3. The fraction of sp³-hybridized carbons (Fsp3) is 0.381. The van der Waals surface area contributed by atoms with Gasteiger partial charge in [0.2, 0.25) is 15.9 Å². The van der Waals surface area contributed by atoms with Gasteiger partial charge in [-0.3, -0.25) is 4.79 Å². The van der Waals surface area contributed by atoms with Crippen LogP contribution in [0.4, 0.5) is 5.69 Å². The normalized spacial score (nSPS) is 13.9. The third kappa shape index (κ3) is 4.36. The quantitative estimate of drug-likeness (QED) is 0.806. The number of carbonyl (C=O) groups is 1. The van der Waals surface area contributed by atoms with Gasteiger partial charge in [-0.05, 0) is 60.6 Å². The summed E-state index contributed by atoms with van der Waals surface area (Å²) in [6, 6.07) is 10.7. The monoisotopic (exact) mass is 402 g/mol. The molecule has 6 nitrogen and oxygen atoms in total. The van der Waals surface area contributed by atoms with Crippen molar-refractivity contribution in [2.45, 2.75) is 37.0 Å². The number of amides is 1. The lowest BCUT2D eigenvalue weighted by molar-refractivity contribution is -0.115. The molecule has 0 aromatic heterocycles. The summed E-state index contributed by atoms with van der Waals surface area (Å²) in [5, 5.41) is 2.79. The molecule has 28 heavy (non-hydrogen) atoms. The van der Waals surface area contributed by atoms with Crippen LogP contribution >= 0.6 is 0 Å². The highest BCUT2D eigenvalue weighted by molar-refractivity contribution is 7.89. The van der Waals surface area contributed by atoms with Gasteiger partial charge in [-0.2, -0.15) is 0 Å². The maximum atomic E-state index is 12.6. The number of hydrogen-bond acceptors (Lipinski definition) is 4. The van der Waals surface area contributed by atoms with Gasteiger partial charge in [0, 0.05) is 14.1 Å². The second-order valence-corrected chi connectivity index (χ2v) is 9.34. The molecule has 1 aliphatic carbocycles. The number of hydrogen-bond donors (Lipinski definition) is 1. The summed E-state index contributed by atoms with van der Waals surface area (Å²) in [5.74, 6) is 0.199. The van der Waals surface area contributed by atoms with Crippen molar-refractivity contribution in [2.75, 3.05) is 26.5 Å². The summed E-state index contributed by atoms with van der Waals surface area (Å²) < 4.78 is 31.1. The van der Waals surface area contributed by atoms with Gasteiger partial charge in [0.05, 0.1) is 24.1 Å². The number of nitrogens with zero attached hydrogens (tertiary/aromatic N) is 1.